The van der Waals surface area contributed by atoms with Crippen molar-refractivity contribution in [3.8, 4) is 5.75 Å². The monoisotopic (exact) mass is 349 g/mol. The fourth-order valence-electron chi connectivity index (χ4n) is 3.44. The van der Waals surface area contributed by atoms with E-state index in [9.17, 15) is 0 Å². The number of benzene rings is 2. The topological polar surface area (TPSA) is 12.5 Å². The van der Waals surface area contributed by atoms with Crippen molar-refractivity contribution in [3.05, 3.63) is 63.1 Å². The van der Waals surface area contributed by atoms with Crippen molar-refractivity contribution in [2.24, 2.45) is 0 Å². The minimum Gasteiger partial charge on any atom is -0.495 e. The highest BCUT2D eigenvalue weighted by Gasteiger charge is 2.30. The van der Waals surface area contributed by atoms with Crippen LogP contribution in [0.3, 0.4) is 0 Å². The average Bonchev–Trinajstić information content (AvgIpc) is 2.52. The number of fused-ring (bicyclic) bond motifs is 1. The lowest BCUT2D eigenvalue weighted by Crippen LogP contribution is -2.35. The molecule has 0 spiro atoms. The Hall–Kier alpha value is -1.22. The fourth-order valence-corrected chi connectivity index (χ4v) is 3.90. The summed E-state index contributed by atoms with van der Waals surface area (Å²) in [5, 5.41) is 1.45. The highest BCUT2D eigenvalue weighted by Crippen LogP contribution is 2.42. The summed E-state index contributed by atoms with van der Waals surface area (Å²) in [6.45, 7) is 0. The Labute approximate surface area is 148 Å². The Balaban J connectivity index is 2.12. The molecule has 2 unspecified atom stereocenters. The number of hydrogen-bond donors (Lipinski definition) is 0. The van der Waals surface area contributed by atoms with Gasteiger partial charge in [0.2, 0.25) is 0 Å². The first-order chi connectivity index (χ1) is 11.0. The molecule has 1 aliphatic rings. The predicted molar refractivity (Wildman–Crippen MR) is 97.1 cm³/mol. The first-order valence-corrected chi connectivity index (χ1v) is 8.53. The summed E-state index contributed by atoms with van der Waals surface area (Å²) < 4.78 is 5.42. The van der Waals surface area contributed by atoms with Crippen LogP contribution in [0, 0.1) is 0 Å². The molecule has 0 amide bonds. The summed E-state index contributed by atoms with van der Waals surface area (Å²) in [6.07, 6.45) is 2.06. The molecule has 2 nitrogen and oxygen atoms in total. The van der Waals surface area contributed by atoms with Gasteiger partial charge in [-0.2, -0.15) is 0 Å². The Bertz CT molecular complexity index is 715. The number of ether oxygens (including phenoxy) is 1. The van der Waals surface area contributed by atoms with E-state index < -0.39 is 0 Å². The van der Waals surface area contributed by atoms with E-state index >= 15 is 0 Å². The lowest BCUT2D eigenvalue weighted by Gasteiger charge is -2.36. The van der Waals surface area contributed by atoms with Gasteiger partial charge in [-0.1, -0.05) is 35.3 Å². The molecular formula is C19H21Cl2NO. The second-order valence-electron chi connectivity index (χ2n) is 6.35. The van der Waals surface area contributed by atoms with Gasteiger partial charge in [-0.25, -0.2) is 0 Å². The van der Waals surface area contributed by atoms with Gasteiger partial charge < -0.3 is 9.64 Å². The van der Waals surface area contributed by atoms with E-state index in [1.165, 1.54) is 16.7 Å². The molecule has 0 aromatic heterocycles. The fraction of sp³-hybridized carbons (Fsp3) is 0.368. The van der Waals surface area contributed by atoms with Gasteiger partial charge >= 0.3 is 0 Å². The maximum absolute atomic E-state index is 6.35. The van der Waals surface area contributed by atoms with Gasteiger partial charge in [0.1, 0.15) is 5.75 Å². The van der Waals surface area contributed by atoms with Crippen LogP contribution >= 0.6 is 23.2 Å². The minimum atomic E-state index is 0.302. The SMILES string of the molecule is COc1cc2c(cc1Cl)CC(N(C)C)CC2c1cccc(Cl)c1. The van der Waals surface area contributed by atoms with Crippen LogP contribution in [-0.4, -0.2) is 32.1 Å². The van der Waals surface area contributed by atoms with Crippen molar-refractivity contribution in [1.29, 1.82) is 0 Å². The molecule has 0 fully saturated rings. The van der Waals surface area contributed by atoms with Gasteiger partial charge in [-0.3, -0.25) is 0 Å². The summed E-state index contributed by atoms with van der Waals surface area (Å²) in [7, 11) is 5.93. The molecule has 3 rings (SSSR count). The Kier molecular flexibility index (Phi) is 4.86. The van der Waals surface area contributed by atoms with Gasteiger partial charge in [-0.15, -0.1) is 0 Å². The normalized spacial score (nSPS) is 20.4. The second-order valence-corrected chi connectivity index (χ2v) is 7.19. The molecule has 0 radical (unpaired) electrons. The van der Waals surface area contributed by atoms with Crippen LogP contribution in [0.15, 0.2) is 36.4 Å². The summed E-state index contributed by atoms with van der Waals surface area (Å²) >= 11 is 12.6. The van der Waals surface area contributed by atoms with E-state index in [1.807, 2.05) is 12.1 Å². The van der Waals surface area contributed by atoms with Crippen LogP contribution in [0.5, 0.6) is 5.75 Å². The maximum atomic E-state index is 6.35. The van der Waals surface area contributed by atoms with E-state index in [-0.39, 0.29) is 0 Å². The van der Waals surface area contributed by atoms with Crippen molar-refractivity contribution in [2.75, 3.05) is 21.2 Å². The maximum Gasteiger partial charge on any atom is 0.137 e. The molecule has 0 N–H and O–H groups in total. The number of halogens is 2. The van der Waals surface area contributed by atoms with Crippen LogP contribution in [0.1, 0.15) is 29.0 Å². The summed E-state index contributed by atoms with van der Waals surface area (Å²) in [6, 6.07) is 12.8. The molecule has 1 aliphatic carbocycles. The van der Waals surface area contributed by atoms with Crippen molar-refractivity contribution in [1.82, 2.24) is 4.90 Å². The lowest BCUT2D eigenvalue weighted by molar-refractivity contribution is 0.258. The van der Waals surface area contributed by atoms with E-state index in [0.717, 1.165) is 23.6 Å². The van der Waals surface area contributed by atoms with Gasteiger partial charge in [0.15, 0.2) is 0 Å². The van der Waals surface area contributed by atoms with Crippen LogP contribution in [-0.2, 0) is 6.42 Å². The van der Waals surface area contributed by atoms with Crippen LogP contribution < -0.4 is 4.74 Å². The van der Waals surface area contributed by atoms with Crippen molar-refractivity contribution in [2.45, 2.75) is 24.8 Å². The highest BCUT2D eigenvalue weighted by atomic mass is 35.5. The van der Waals surface area contributed by atoms with E-state index in [1.54, 1.807) is 7.11 Å². The first kappa shape index (κ1) is 16.6. The van der Waals surface area contributed by atoms with Gasteiger partial charge in [-0.05, 0) is 67.9 Å². The molecule has 2 aromatic rings. The van der Waals surface area contributed by atoms with Crippen LogP contribution in [0.4, 0.5) is 0 Å². The van der Waals surface area contributed by atoms with Crippen LogP contribution in [0.2, 0.25) is 10.0 Å². The van der Waals surface area contributed by atoms with Gasteiger partial charge in [0, 0.05) is 17.0 Å². The van der Waals surface area contributed by atoms with Crippen molar-refractivity contribution < 1.29 is 4.74 Å². The highest BCUT2D eigenvalue weighted by molar-refractivity contribution is 6.32. The molecule has 0 bridgehead atoms. The molecule has 4 heteroatoms. The summed E-state index contributed by atoms with van der Waals surface area (Å²) in [5.41, 5.74) is 3.84. The third kappa shape index (κ3) is 3.35. The van der Waals surface area contributed by atoms with Crippen LogP contribution in [0.25, 0.3) is 0 Å². The number of likely N-dealkylation sites (N-methyl/N-ethyl adjacent to an activating group) is 1. The number of nitrogens with zero attached hydrogens (tertiary/aromatic N) is 1. The van der Waals surface area contributed by atoms with Crippen molar-refractivity contribution >= 4 is 23.2 Å². The third-order valence-electron chi connectivity index (χ3n) is 4.73. The zero-order valence-corrected chi connectivity index (χ0v) is 15.2. The number of rotatable bonds is 3. The van der Waals surface area contributed by atoms with E-state index in [0.29, 0.717) is 17.0 Å². The summed E-state index contributed by atoms with van der Waals surface area (Å²) in [5.74, 6) is 1.04. The van der Waals surface area contributed by atoms with E-state index in [2.05, 4.69) is 43.3 Å². The standard InChI is InChI=1S/C19H21Cl2NO/c1-22(2)15-8-13-9-18(21)19(23-3)11-17(13)16(10-15)12-5-4-6-14(20)7-12/h4-7,9,11,15-16H,8,10H2,1-3H3. The molecule has 0 aliphatic heterocycles. The van der Waals surface area contributed by atoms with Gasteiger partial charge in [0.05, 0.1) is 12.1 Å². The zero-order chi connectivity index (χ0) is 16.6. The molecule has 0 heterocycles. The first-order valence-electron chi connectivity index (χ1n) is 7.77. The molecule has 2 atom stereocenters. The molecule has 23 heavy (non-hydrogen) atoms. The zero-order valence-electron chi connectivity index (χ0n) is 13.6. The average molecular weight is 350 g/mol. The Morgan fingerprint density at radius 2 is 1.91 bits per heavy atom. The van der Waals surface area contributed by atoms with Crippen molar-refractivity contribution in [3.63, 3.8) is 0 Å². The largest absolute Gasteiger partial charge is 0.495 e. The number of hydrogen-bond acceptors (Lipinski definition) is 2. The minimum absolute atomic E-state index is 0.302. The second kappa shape index (κ2) is 6.72. The third-order valence-corrected chi connectivity index (χ3v) is 5.26. The molecule has 0 saturated heterocycles. The van der Waals surface area contributed by atoms with Gasteiger partial charge in [0.25, 0.3) is 0 Å². The predicted octanol–water partition coefficient (Wildman–Crippen LogP) is 5.01. The number of methoxy groups -OCH3 is 1. The van der Waals surface area contributed by atoms with E-state index in [4.69, 9.17) is 27.9 Å². The lowest BCUT2D eigenvalue weighted by atomic mass is 9.76. The molecule has 0 saturated carbocycles. The summed E-state index contributed by atoms with van der Waals surface area (Å²) in [4.78, 5) is 2.29. The Morgan fingerprint density at radius 1 is 1.13 bits per heavy atom. The Morgan fingerprint density at radius 3 is 2.57 bits per heavy atom. The molecule has 122 valence electrons. The quantitative estimate of drug-likeness (QED) is 0.772. The molecule has 2 aromatic carbocycles. The molecular weight excluding hydrogens is 329 g/mol. The smallest absolute Gasteiger partial charge is 0.137 e.